The van der Waals surface area contributed by atoms with Crippen LogP contribution in [0.3, 0.4) is 0 Å². The summed E-state index contributed by atoms with van der Waals surface area (Å²) in [7, 11) is 0. The second kappa shape index (κ2) is 4.79. The summed E-state index contributed by atoms with van der Waals surface area (Å²) in [5.41, 5.74) is 0.340. The quantitative estimate of drug-likeness (QED) is 0.760. The Morgan fingerprint density at radius 2 is 1.83 bits per heavy atom. The van der Waals surface area contributed by atoms with Crippen molar-refractivity contribution in [2.24, 2.45) is 17.3 Å². The van der Waals surface area contributed by atoms with E-state index in [4.69, 9.17) is 4.74 Å². The van der Waals surface area contributed by atoms with Crippen LogP contribution in [0.4, 0.5) is 0 Å². The zero-order chi connectivity index (χ0) is 12.8. The Morgan fingerprint density at radius 1 is 1.06 bits per heavy atom. The van der Waals surface area contributed by atoms with Gasteiger partial charge in [-0.2, -0.15) is 0 Å². The van der Waals surface area contributed by atoms with E-state index in [0.717, 1.165) is 24.5 Å². The van der Waals surface area contributed by atoms with Gasteiger partial charge in [0.05, 0.1) is 6.10 Å². The van der Waals surface area contributed by atoms with E-state index < -0.39 is 0 Å². The topological polar surface area (TPSA) is 21.3 Å². The fourth-order valence-electron chi connectivity index (χ4n) is 4.63. The highest BCUT2D eigenvalue weighted by Crippen LogP contribution is 2.52. The molecular weight excluding hydrogens is 222 g/mol. The van der Waals surface area contributed by atoms with Crippen molar-refractivity contribution in [1.29, 1.82) is 0 Å². The highest BCUT2D eigenvalue weighted by molar-refractivity contribution is 5.12. The Morgan fingerprint density at radius 3 is 2.67 bits per heavy atom. The lowest BCUT2D eigenvalue weighted by Crippen LogP contribution is -2.67. The van der Waals surface area contributed by atoms with Crippen molar-refractivity contribution in [3.63, 3.8) is 0 Å². The van der Waals surface area contributed by atoms with Crippen molar-refractivity contribution in [3.8, 4) is 0 Å². The van der Waals surface area contributed by atoms with Crippen LogP contribution in [0, 0.1) is 17.3 Å². The summed E-state index contributed by atoms with van der Waals surface area (Å²) >= 11 is 0. The minimum atomic E-state index is 0.340. The minimum Gasteiger partial charge on any atom is -0.377 e. The molecule has 0 aromatic heterocycles. The zero-order valence-corrected chi connectivity index (χ0v) is 12.2. The van der Waals surface area contributed by atoms with Gasteiger partial charge in [-0.15, -0.1) is 0 Å². The van der Waals surface area contributed by atoms with Gasteiger partial charge in [-0.25, -0.2) is 0 Å². The van der Waals surface area contributed by atoms with E-state index in [1.807, 2.05) is 0 Å². The number of rotatable bonds is 2. The Kier molecular flexibility index (Phi) is 3.44. The molecule has 2 nitrogen and oxygen atoms in total. The SMILES string of the molecule is CC1CCCCCC1NC1C2CCOC2C1(C)C. The molecule has 5 atom stereocenters. The molecule has 2 aliphatic carbocycles. The summed E-state index contributed by atoms with van der Waals surface area (Å²) in [4.78, 5) is 0. The van der Waals surface area contributed by atoms with Gasteiger partial charge < -0.3 is 10.1 Å². The number of ether oxygens (including phenoxy) is 1. The molecule has 0 aromatic rings. The summed E-state index contributed by atoms with van der Waals surface area (Å²) in [5, 5.41) is 4.03. The summed E-state index contributed by atoms with van der Waals surface area (Å²) < 4.78 is 5.90. The lowest BCUT2D eigenvalue weighted by molar-refractivity contribution is -0.117. The molecular formula is C16H29NO. The van der Waals surface area contributed by atoms with E-state index in [-0.39, 0.29) is 0 Å². The number of nitrogens with one attached hydrogen (secondary N) is 1. The molecule has 1 heterocycles. The molecule has 0 radical (unpaired) electrons. The van der Waals surface area contributed by atoms with Gasteiger partial charge in [0.25, 0.3) is 0 Å². The average molecular weight is 251 g/mol. The van der Waals surface area contributed by atoms with Crippen LogP contribution in [0.2, 0.25) is 0 Å². The highest BCUT2D eigenvalue weighted by atomic mass is 16.5. The Bertz CT molecular complexity index is 301. The molecule has 3 aliphatic rings. The number of hydrogen-bond acceptors (Lipinski definition) is 2. The van der Waals surface area contributed by atoms with Crippen molar-refractivity contribution in [2.75, 3.05) is 6.61 Å². The van der Waals surface area contributed by atoms with Crippen molar-refractivity contribution in [2.45, 2.75) is 77.5 Å². The van der Waals surface area contributed by atoms with Gasteiger partial charge in [-0.3, -0.25) is 0 Å². The Balaban J connectivity index is 1.65. The van der Waals surface area contributed by atoms with E-state index in [2.05, 4.69) is 26.1 Å². The fraction of sp³-hybridized carbons (Fsp3) is 1.00. The molecule has 2 saturated carbocycles. The van der Waals surface area contributed by atoms with Crippen LogP contribution in [0.1, 0.15) is 59.3 Å². The van der Waals surface area contributed by atoms with E-state index >= 15 is 0 Å². The summed E-state index contributed by atoms with van der Waals surface area (Å²) in [6.45, 7) is 8.20. The molecule has 3 fully saturated rings. The maximum absolute atomic E-state index is 5.90. The third-order valence-electron chi connectivity index (χ3n) is 5.86. The lowest BCUT2D eigenvalue weighted by Gasteiger charge is -2.56. The Hall–Kier alpha value is -0.0800. The van der Waals surface area contributed by atoms with E-state index in [9.17, 15) is 0 Å². The normalized spacial score (nSPS) is 47.2. The monoisotopic (exact) mass is 251 g/mol. The van der Waals surface area contributed by atoms with Gasteiger partial charge in [0, 0.05) is 30.0 Å². The first-order chi connectivity index (χ1) is 8.60. The summed E-state index contributed by atoms with van der Waals surface area (Å²) in [6, 6.07) is 1.44. The van der Waals surface area contributed by atoms with Crippen molar-refractivity contribution < 1.29 is 4.74 Å². The number of hydrogen-bond donors (Lipinski definition) is 1. The van der Waals surface area contributed by atoms with Crippen LogP contribution in [-0.2, 0) is 4.74 Å². The van der Waals surface area contributed by atoms with E-state index in [0.29, 0.717) is 17.6 Å². The molecule has 104 valence electrons. The maximum Gasteiger partial charge on any atom is 0.0685 e. The third-order valence-corrected chi connectivity index (χ3v) is 5.86. The Labute approximate surface area is 112 Å². The van der Waals surface area contributed by atoms with Gasteiger partial charge in [0.15, 0.2) is 0 Å². The average Bonchev–Trinajstić information content (AvgIpc) is 2.69. The van der Waals surface area contributed by atoms with Gasteiger partial charge in [0.2, 0.25) is 0 Å². The van der Waals surface area contributed by atoms with Crippen LogP contribution < -0.4 is 5.32 Å². The first-order valence-electron chi connectivity index (χ1n) is 7.98. The second-order valence-corrected chi connectivity index (χ2v) is 7.43. The molecule has 1 N–H and O–H groups in total. The predicted molar refractivity (Wildman–Crippen MR) is 74.6 cm³/mol. The van der Waals surface area contributed by atoms with E-state index in [1.165, 1.54) is 38.5 Å². The first kappa shape index (κ1) is 12.9. The van der Waals surface area contributed by atoms with Gasteiger partial charge in [0.1, 0.15) is 0 Å². The molecule has 1 saturated heterocycles. The van der Waals surface area contributed by atoms with Crippen LogP contribution in [0.25, 0.3) is 0 Å². The molecule has 0 spiro atoms. The highest BCUT2D eigenvalue weighted by Gasteiger charge is 2.59. The van der Waals surface area contributed by atoms with Crippen LogP contribution in [0.5, 0.6) is 0 Å². The lowest BCUT2D eigenvalue weighted by atomic mass is 9.57. The maximum atomic E-state index is 5.90. The molecule has 0 aromatic carbocycles. The van der Waals surface area contributed by atoms with Gasteiger partial charge in [-0.05, 0) is 25.2 Å². The third kappa shape index (κ3) is 2.02. The number of fused-ring (bicyclic) bond motifs is 1. The summed E-state index contributed by atoms with van der Waals surface area (Å²) in [5.74, 6) is 1.64. The zero-order valence-electron chi connectivity index (χ0n) is 12.2. The molecule has 3 rings (SSSR count). The molecule has 2 heteroatoms. The molecule has 0 amide bonds. The smallest absolute Gasteiger partial charge is 0.0685 e. The standard InChI is InChI=1S/C16H29NO/c1-11-7-5-4-6-8-13(11)17-14-12-9-10-18-15(12)16(14,2)3/h11-15,17H,4-10H2,1-3H3. The predicted octanol–water partition coefficient (Wildman–Crippen LogP) is 3.36. The second-order valence-electron chi connectivity index (χ2n) is 7.43. The molecule has 18 heavy (non-hydrogen) atoms. The van der Waals surface area contributed by atoms with Crippen LogP contribution in [0.15, 0.2) is 0 Å². The first-order valence-corrected chi connectivity index (χ1v) is 7.98. The van der Waals surface area contributed by atoms with Crippen molar-refractivity contribution >= 4 is 0 Å². The van der Waals surface area contributed by atoms with Crippen LogP contribution in [-0.4, -0.2) is 24.8 Å². The van der Waals surface area contributed by atoms with Gasteiger partial charge >= 0.3 is 0 Å². The van der Waals surface area contributed by atoms with Gasteiger partial charge in [-0.1, -0.05) is 40.0 Å². The fourth-order valence-corrected chi connectivity index (χ4v) is 4.63. The van der Waals surface area contributed by atoms with E-state index in [1.54, 1.807) is 0 Å². The largest absolute Gasteiger partial charge is 0.377 e. The molecule has 5 unspecified atom stereocenters. The van der Waals surface area contributed by atoms with Crippen LogP contribution >= 0.6 is 0 Å². The molecule has 0 bridgehead atoms. The minimum absolute atomic E-state index is 0.340. The molecule has 1 aliphatic heterocycles. The van der Waals surface area contributed by atoms with Crippen molar-refractivity contribution in [1.82, 2.24) is 5.32 Å². The summed E-state index contributed by atoms with van der Waals surface area (Å²) in [6.07, 6.45) is 8.87. The van der Waals surface area contributed by atoms with Crippen molar-refractivity contribution in [3.05, 3.63) is 0 Å².